The summed E-state index contributed by atoms with van der Waals surface area (Å²) in [6.07, 6.45) is 0. The standard InChI is InChI=1S/C15H14FNO4S/c1-9-7-11(15(18)19)8-14(10(9)2)22(20,21)17-13-6-4-3-5-12(13)16/h3-8,17H,1-2H3,(H,18,19). The molecule has 2 aromatic carbocycles. The predicted molar refractivity (Wildman–Crippen MR) is 80.1 cm³/mol. The van der Waals surface area contributed by atoms with E-state index in [1.165, 1.54) is 24.3 Å². The number of benzene rings is 2. The summed E-state index contributed by atoms with van der Waals surface area (Å²) in [5.41, 5.74) is 0.597. The van der Waals surface area contributed by atoms with Crippen molar-refractivity contribution in [3.05, 3.63) is 58.9 Å². The molecule has 5 nitrogen and oxygen atoms in total. The van der Waals surface area contributed by atoms with E-state index in [0.717, 1.165) is 12.1 Å². The highest BCUT2D eigenvalue weighted by atomic mass is 32.2. The number of anilines is 1. The summed E-state index contributed by atoms with van der Waals surface area (Å²) >= 11 is 0. The van der Waals surface area contributed by atoms with E-state index in [-0.39, 0.29) is 16.1 Å². The molecule has 0 heterocycles. The molecule has 0 unspecified atom stereocenters. The van der Waals surface area contributed by atoms with Gasteiger partial charge >= 0.3 is 5.97 Å². The van der Waals surface area contributed by atoms with E-state index in [4.69, 9.17) is 5.11 Å². The summed E-state index contributed by atoms with van der Waals surface area (Å²) in [6, 6.07) is 7.80. The van der Waals surface area contributed by atoms with Gasteiger partial charge in [-0.1, -0.05) is 12.1 Å². The highest BCUT2D eigenvalue weighted by molar-refractivity contribution is 7.92. The Morgan fingerprint density at radius 1 is 1.18 bits per heavy atom. The van der Waals surface area contributed by atoms with Crippen molar-refractivity contribution < 1.29 is 22.7 Å². The first-order chi connectivity index (χ1) is 10.2. The molecule has 0 spiro atoms. The molecular weight excluding hydrogens is 309 g/mol. The topological polar surface area (TPSA) is 83.5 Å². The van der Waals surface area contributed by atoms with Crippen molar-refractivity contribution >= 4 is 21.7 Å². The van der Waals surface area contributed by atoms with Crippen molar-refractivity contribution in [1.82, 2.24) is 0 Å². The van der Waals surface area contributed by atoms with Gasteiger partial charge in [-0.15, -0.1) is 0 Å². The van der Waals surface area contributed by atoms with E-state index in [9.17, 15) is 17.6 Å². The van der Waals surface area contributed by atoms with Gasteiger partial charge in [0.1, 0.15) is 5.82 Å². The minimum Gasteiger partial charge on any atom is -0.478 e. The summed E-state index contributed by atoms with van der Waals surface area (Å²) in [5.74, 6) is -1.94. The molecule has 0 aliphatic heterocycles. The lowest BCUT2D eigenvalue weighted by molar-refractivity contribution is 0.0696. The fourth-order valence-electron chi connectivity index (χ4n) is 1.97. The van der Waals surface area contributed by atoms with Gasteiger partial charge in [-0.25, -0.2) is 17.6 Å². The van der Waals surface area contributed by atoms with Crippen LogP contribution in [-0.4, -0.2) is 19.5 Å². The number of hydrogen-bond donors (Lipinski definition) is 2. The zero-order valence-corrected chi connectivity index (χ0v) is 12.7. The maximum Gasteiger partial charge on any atom is 0.335 e. The van der Waals surface area contributed by atoms with Crippen molar-refractivity contribution in [2.75, 3.05) is 4.72 Å². The molecule has 0 atom stereocenters. The molecule has 0 aliphatic rings. The Morgan fingerprint density at radius 2 is 1.82 bits per heavy atom. The number of nitrogens with one attached hydrogen (secondary N) is 1. The Bertz CT molecular complexity index is 847. The number of para-hydroxylation sites is 1. The van der Waals surface area contributed by atoms with Crippen LogP contribution in [0.5, 0.6) is 0 Å². The van der Waals surface area contributed by atoms with Crippen LogP contribution in [0.3, 0.4) is 0 Å². The second-order valence-corrected chi connectivity index (χ2v) is 6.46. The molecule has 116 valence electrons. The molecule has 0 fully saturated rings. The first kappa shape index (κ1) is 16.0. The number of carboxylic acids is 1. The Hall–Kier alpha value is -2.41. The highest BCUT2D eigenvalue weighted by Crippen LogP contribution is 2.24. The first-order valence-corrected chi connectivity index (χ1v) is 7.82. The van der Waals surface area contributed by atoms with Gasteiger partial charge in [-0.3, -0.25) is 4.72 Å². The van der Waals surface area contributed by atoms with E-state index in [2.05, 4.69) is 4.72 Å². The summed E-state index contributed by atoms with van der Waals surface area (Å²) in [6.45, 7) is 3.18. The van der Waals surface area contributed by atoms with Crippen LogP contribution in [0.1, 0.15) is 21.5 Å². The molecule has 0 aromatic heterocycles. The largest absolute Gasteiger partial charge is 0.478 e. The molecule has 22 heavy (non-hydrogen) atoms. The van der Waals surface area contributed by atoms with Crippen molar-refractivity contribution in [2.24, 2.45) is 0 Å². The maximum absolute atomic E-state index is 13.6. The maximum atomic E-state index is 13.6. The zero-order valence-electron chi connectivity index (χ0n) is 11.9. The van der Waals surface area contributed by atoms with Crippen LogP contribution in [0.25, 0.3) is 0 Å². The molecule has 0 bridgehead atoms. The number of sulfonamides is 1. The monoisotopic (exact) mass is 323 g/mol. The fraction of sp³-hybridized carbons (Fsp3) is 0.133. The quantitative estimate of drug-likeness (QED) is 0.906. The lowest BCUT2D eigenvalue weighted by atomic mass is 10.1. The number of rotatable bonds is 4. The molecule has 7 heteroatoms. The van der Waals surface area contributed by atoms with Gasteiger partial charge in [0, 0.05) is 0 Å². The van der Waals surface area contributed by atoms with Crippen LogP contribution in [0.4, 0.5) is 10.1 Å². The van der Waals surface area contributed by atoms with Gasteiger partial charge < -0.3 is 5.11 Å². The first-order valence-electron chi connectivity index (χ1n) is 6.34. The van der Waals surface area contributed by atoms with Gasteiger partial charge in [0.25, 0.3) is 10.0 Å². The lowest BCUT2D eigenvalue weighted by Crippen LogP contribution is -2.16. The van der Waals surface area contributed by atoms with Crippen molar-refractivity contribution in [3.63, 3.8) is 0 Å². The summed E-state index contributed by atoms with van der Waals surface area (Å²) in [4.78, 5) is 10.9. The van der Waals surface area contributed by atoms with Crippen LogP contribution < -0.4 is 4.72 Å². The second-order valence-electron chi connectivity index (χ2n) is 4.81. The van der Waals surface area contributed by atoms with Crippen LogP contribution in [0, 0.1) is 19.7 Å². The minimum atomic E-state index is -4.10. The fourth-order valence-corrected chi connectivity index (χ4v) is 3.38. The Balaban J connectivity index is 2.54. The summed E-state index contributed by atoms with van der Waals surface area (Å²) < 4.78 is 40.6. The van der Waals surface area contributed by atoms with E-state index >= 15 is 0 Å². The SMILES string of the molecule is Cc1cc(C(=O)O)cc(S(=O)(=O)Nc2ccccc2F)c1C. The Morgan fingerprint density at radius 3 is 2.41 bits per heavy atom. The van der Waals surface area contributed by atoms with Gasteiger partial charge in [0.15, 0.2) is 0 Å². The predicted octanol–water partition coefficient (Wildman–Crippen LogP) is 2.94. The van der Waals surface area contributed by atoms with Crippen molar-refractivity contribution in [3.8, 4) is 0 Å². The molecule has 0 radical (unpaired) electrons. The average molecular weight is 323 g/mol. The molecule has 0 saturated heterocycles. The number of carbonyl (C=O) groups is 1. The number of carboxylic acid groups (broad SMARTS) is 1. The van der Waals surface area contributed by atoms with E-state index in [1.54, 1.807) is 13.8 Å². The van der Waals surface area contributed by atoms with Crippen LogP contribution in [0.2, 0.25) is 0 Å². The highest BCUT2D eigenvalue weighted by Gasteiger charge is 2.21. The van der Waals surface area contributed by atoms with Gasteiger partial charge in [-0.2, -0.15) is 0 Å². The smallest absolute Gasteiger partial charge is 0.335 e. The second kappa shape index (κ2) is 5.76. The lowest BCUT2D eigenvalue weighted by Gasteiger charge is -2.13. The van der Waals surface area contributed by atoms with Crippen LogP contribution >= 0.6 is 0 Å². The third-order valence-corrected chi connectivity index (χ3v) is 4.77. The van der Waals surface area contributed by atoms with Crippen molar-refractivity contribution in [2.45, 2.75) is 18.7 Å². The van der Waals surface area contributed by atoms with Gasteiger partial charge in [0.2, 0.25) is 0 Å². The summed E-state index contributed by atoms with van der Waals surface area (Å²) in [5, 5.41) is 9.05. The van der Waals surface area contributed by atoms with E-state index in [1.807, 2.05) is 0 Å². The molecule has 0 aliphatic carbocycles. The third-order valence-electron chi connectivity index (χ3n) is 3.27. The van der Waals surface area contributed by atoms with Crippen molar-refractivity contribution in [1.29, 1.82) is 0 Å². The minimum absolute atomic E-state index is 0.142. The number of halogens is 1. The van der Waals surface area contributed by atoms with Gasteiger partial charge in [0.05, 0.1) is 16.1 Å². The van der Waals surface area contributed by atoms with E-state index < -0.39 is 21.8 Å². The average Bonchev–Trinajstić information content (AvgIpc) is 2.43. The molecule has 2 aromatic rings. The Kier molecular flexibility index (Phi) is 4.18. The van der Waals surface area contributed by atoms with Crippen LogP contribution in [-0.2, 0) is 10.0 Å². The number of aromatic carboxylic acids is 1. The Labute approximate surface area is 127 Å². The molecule has 0 saturated carbocycles. The zero-order chi connectivity index (χ0) is 16.5. The molecule has 0 amide bonds. The van der Waals surface area contributed by atoms with E-state index in [0.29, 0.717) is 11.1 Å². The number of hydrogen-bond acceptors (Lipinski definition) is 3. The molecular formula is C15H14FNO4S. The number of aryl methyl sites for hydroxylation is 1. The van der Waals surface area contributed by atoms with Crippen LogP contribution in [0.15, 0.2) is 41.3 Å². The normalized spacial score (nSPS) is 11.2. The summed E-state index contributed by atoms with van der Waals surface area (Å²) in [7, 11) is -4.10. The third kappa shape index (κ3) is 3.09. The van der Waals surface area contributed by atoms with Gasteiger partial charge in [-0.05, 0) is 49.2 Å². The molecule has 2 N–H and O–H groups in total. The molecule has 2 rings (SSSR count).